The van der Waals surface area contributed by atoms with Gasteiger partial charge >= 0.3 is 0 Å². The predicted molar refractivity (Wildman–Crippen MR) is 65.0 cm³/mol. The second kappa shape index (κ2) is 5.75. The average molecular weight is 267 g/mol. The first-order chi connectivity index (χ1) is 9.10. The van der Waals surface area contributed by atoms with E-state index in [-0.39, 0.29) is 19.0 Å². The summed E-state index contributed by atoms with van der Waals surface area (Å²) in [5.74, 6) is -2.44. The Morgan fingerprint density at radius 3 is 2.00 bits per heavy atom. The third-order valence-corrected chi connectivity index (χ3v) is 2.59. The van der Waals surface area contributed by atoms with E-state index in [1.54, 1.807) is 0 Å². The summed E-state index contributed by atoms with van der Waals surface area (Å²) in [4.78, 5) is 0. The molecule has 0 saturated carbocycles. The van der Waals surface area contributed by atoms with Gasteiger partial charge in [-0.05, 0) is 35.4 Å². The molecule has 2 nitrogen and oxygen atoms in total. The lowest BCUT2D eigenvalue weighted by molar-refractivity contribution is 0.273. The number of nitrogens with two attached hydrogens (primary N) is 1. The van der Waals surface area contributed by atoms with Crippen molar-refractivity contribution in [3.63, 3.8) is 0 Å². The molecule has 0 aliphatic carbocycles. The van der Waals surface area contributed by atoms with Crippen molar-refractivity contribution in [3.8, 4) is 5.75 Å². The fourth-order valence-electron chi connectivity index (χ4n) is 1.60. The number of hydrogen-bond acceptors (Lipinski definition) is 2. The maximum absolute atomic E-state index is 13.6. The van der Waals surface area contributed by atoms with E-state index in [0.29, 0.717) is 11.1 Å². The topological polar surface area (TPSA) is 35.2 Å². The van der Waals surface area contributed by atoms with Crippen LogP contribution in [-0.2, 0) is 13.2 Å². The van der Waals surface area contributed by atoms with Crippen LogP contribution >= 0.6 is 0 Å². The maximum atomic E-state index is 13.6. The zero-order valence-corrected chi connectivity index (χ0v) is 10.00. The van der Waals surface area contributed by atoms with Crippen molar-refractivity contribution in [1.82, 2.24) is 0 Å². The van der Waals surface area contributed by atoms with Gasteiger partial charge in [-0.25, -0.2) is 13.2 Å². The Labute approximate surface area is 108 Å². The fraction of sp³-hybridized carbons (Fsp3) is 0.143. The van der Waals surface area contributed by atoms with E-state index in [1.807, 2.05) is 0 Å². The first kappa shape index (κ1) is 13.4. The zero-order valence-electron chi connectivity index (χ0n) is 10.00. The zero-order chi connectivity index (χ0) is 13.8. The smallest absolute Gasteiger partial charge is 0.191 e. The van der Waals surface area contributed by atoms with Gasteiger partial charge in [0.2, 0.25) is 0 Å². The van der Waals surface area contributed by atoms with Crippen LogP contribution in [0.25, 0.3) is 0 Å². The molecule has 2 rings (SSSR count). The molecule has 2 N–H and O–H groups in total. The van der Waals surface area contributed by atoms with Gasteiger partial charge < -0.3 is 10.5 Å². The summed E-state index contributed by atoms with van der Waals surface area (Å²) >= 11 is 0. The molecule has 0 unspecified atom stereocenters. The van der Waals surface area contributed by atoms with Gasteiger partial charge in [0.1, 0.15) is 12.4 Å². The van der Waals surface area contributed by atoms with Crippen LogP contribution in [0.1, 0.15) is 11.1 Å². The van der Waals surface area contributed by atoms with E-state index in [2.05, 4.69) is 0 Å². The van der Waals surface area contributed by atoms with Crippen LogP contribution in [0.2, 0.25) is 0 Å². The molecule has 0 aliphatic rings. The van der Waals surface area contributed by atoms with E-state index >= 15 is 0 Å². The van der Waals surface area contributed by atoms with Gasteiger partial charge in [-0.15, -0.1) is 0 Å². The standard InChI is InChI=1S/C14H12F3NO/c15-11-3-1-9(2-4-11)8-19-14-12(16)5-10(7-18)6-13(14)17/h1-6H,7-8,18H2. The Morgan fingerprint density at radius 2 is 1.47 bits per heavy atom. The van der Waals surface area contributed by atoms with Crippen molar-refractivity contribution in [1.29, 1.82) is 0 Å². The minimum Gasteiger partial charge on any atom is -0.483 e. The summed E-state index contributed by atoms with van der Waals surface area (Å²) in [6.45, 7) is 0.00216. The highest BCUT2D eigenvalue weighted by molar-refractivity contribution is 5.31. The molecule has 0 amide bonds. The summed E-state index contributed by atoms with van der Waals surface area (Å²) in [6, 6.07) is 7.73. The number of hydrogen-bond donors (Lipinski definition) is 1. The van der Waals surface area contributed by atoms with Crippen molar-refractivity contribution in [3.05, 3.63) is 65.0 Å². The number of halogens is 3. The largest absolute Gasteiger partial charge is 0.483 e. The first-order valence-electron chi connectivity index (χ1n) is 5.65. The van der Waals surface area contributed by atoms with Crippen LogP contribution in [0.5, 0.6) is 5.75 Å². The van der Waals surface area contributed by atoms with Crippen LogP contribution < -0.4 is 10.5 Å². The Balaban J connectivity index is 2.13. The molecule has 0 heterocycles. The second-order valence-electron chi connectivity index (χ2n) is 4.01. The van der Waals surface area contributed by atoms with Crippen molar-refractivity contribution in [2.24, 2.45) is 5.73 Å². The highest BCUT2D eigenvalue weighted by Gasteiger charge is 2.12. The Hall–Kier alpha value is -2.01. The molecule has 5 heteroatoms. The SMILES string of the molecule is NCc1cc(F)c(OCc2ccc(F)cc2)c(F)c1. The third-order valence-electron chi connectivity index (χ3n) is 2.59. The van der Waals surface area contributed by atoms with Crippen molar-refractivity contribution < 1.29 is 17.9 Å². The average Bonchev–Trinajstić information content (AvgIpc) is 2.39. The number of ether oxygens (including phenoxy) is 1. The molecular weight excluding hydrogens is 255 g/mol. The van der Waals surface area contributed by atoms with Crippen molar-refractivity contribution >= 4 is 0 Å². The Bertz CT molecular complexity index is 546. The summed E-state index contributed by atoms with van der Waals surface area (Å²) in [6.07, 6.45) is 0. The summed E-state index contributed by atoms with van der Waals surface area (Å²) in [7, 11) is 0. The van der Waals surface area contributed by atoms with Crippen LogP contribution in [0, 0.1) is 17.5 Å². The van der Waals surface area contributed by atoms with E-state index < -0.39 is 17.4 Å². The van der Waals surface area contributed by atoms with E-state index in [4.69, 9.17) is 10.5 Å². The number of benzene rings is 2. The summed E-state index contributed by atoms with van der Waals surface area (Å²) in [5.41, 5.74) is 6.27. The quantitative estimate of drug-likeness (QED) is 0.923. The lowest BCUT2D eigenvalue weighted by Crippen LogP contribution is -2.03. The third kappa shape index (κ3) is 3.26. The molecule has 0 bridgehead atoms. The minimum absolute atomic E-state index is 0.0455. The molecule has 100 valence electrons. The molecule has 19 heavy (non-hydrogen) atoms. The molecule has 0 saturated heterocycles. The summed E-state index contributed by atoms with van der Waals surface area (Å²) < 4.78 is 44.9. The Kier molecular flexibility index (Phi) is 4.06. The van der Waals surface area contributed by atoms with Gasteiger partial charge in [0.05, 0.1) is 0 Å². The van der Waals surface area contributed by atoms with Gasteiger partial charge in [-0.1, -0.05) is 12.1 Å². The van der Waals surface area contributed by atoms with Crippen molar-refractivity contribution in [2.75, 3.05) is 0 Å². The monoisotopic (exact) mass is 267 g/mol. The molecule has 0 aliphatic heterocycles. The molecule has 0 fully saturated rings. The minimum atomic E-state index is -0.803. The van der Waals surface area contributed by atoms with Crippen LogP contribution in [0.3, 0.4) is 0 Å². The highest BCUT2D eigenvalue weighted by Crippen LogP contribution is 2.24. The molecule has 2 aromatic rings. The first-order valence-corrected chi connectivity index (χ1v) is 5.65. The van der Waals surface area contributed by atoms with Gasteiger partial charge in [-0.2, -0.15) is 0 Å². The molecule has 0 aromatic heterocycles. The van der Waals surface area contributed by atoms with E-state index in [9.17, 15) is 13.2 Å². The Morgan fingerprint density at radius 1 is 0.895 bits per heavy atom. The van der Waals surface area contributed by atoms with E-state index in [0.717, 1.165) is 12.1 Å². The van der Waals surface area contributed by atoms with Crippen molar-refractivity contribution in [2.45, 2.75) is 13.2 Å². The van der Waals surface area contributed by atoms with Gasteiger partial charge in [0.15, 0.2) is 17.4 Å². The number of rotatable bonds is 4. The van der Waals surface area contributed by atoms with Crippen LogP contribution in [0.4, 0.5) is 13.2 Å². The highest BCUT2D eigenvalue weighted by atomic mass is 19.1. The molecule has 0 radical (unpaired) electrons. The second-order valence-corrected chi connectivity index (χ2v) is 4.01. The lowest BCUT2D eigenvalue weighted by atomic mass is 10.2. The molecule has 0 spiro atoms. The van der Waals surface area contributed by atoms with Crippen LogP contribution in [-0.4, -0.2) is 0 Å². The maximum Gasteiger partial charge on any atom is 0.191 e. The fourth-order valence-corrected chi connectivity index (χ4v) is 1.60. The molecular formula is C14H12F3NO. The predicted octanol–water partition coefficient (Wildman–Crippen LogP) is 3.14. The van der Waals surface area contributed by atoms with Gasteiger partial charge in [0.25, 0.3) is 0 Å². The lowest BCUT2D eigenvalue weighted by Gasteiger charge is -2.09. The molecule has 2 aromatic carbocycles. The normalized spacial score (nSPS) is 10.5. The van der Waals surface area contributed by atoms with Gasteiger partial charge in [0, 0.05) is 6.54 Å². The van der Waals surface area contributed by atoms with E-state index in [1.165, 1.54) is 24.3 Å². The van der Waals surface area contributed by atoms with Gasteiger partial charge in [-0.3, -0.25) is 0 Å². The molecule has 0 atom stereocenters. The van der Waals surface area contributed by atoms with Crippen LogP contribution in [0.15, 0.2) is 36.4 Å². The summed E-state index contributed by atoms with van der Waals surface area (Å²) in [5, 5.41) is 0.